The maximum atomic E-state index is 12.3. The van der Waals surface area contributed by atoms with Crippen LogP contribution in [0.4, 0.5) is 11.4 Å². The Morgan fingerprint density at radius 2 is 1.93 bits per heavy atom. The molecule has 0 spiro atoms. The summed E-state index contributed by atoms with van der Waals surface area (Å²) in [6, 6.07) is 16.9. The smallest absolute Gasteiger partial charge is 0.269 e. The Labute approximate surface area is 158 Å². The van der Waals surface area contributed by atoms with Gasteiger partial charge in [-0.25, -0.2) is 0 Å². The topological polar surface area (TPSA) is 115 Å². The lowest BCUT2D eigenvalue weighted by Crippen LogP contribution is -2.14. The maximum absolute atomic E-state index is 12.3. The molecule has 0 aliphatic carbocycles. The number of non-ortho nitro benzene ring substituents is 1. The van der Waals surface area contributed by atoms with Gasteiger partial charge >= 0.3 is 0 Å². The normalized spacial score (nSPS) is 10.7. The maximum Gasteiger partial charge on any atom is 0.269 e. The van der Waals surface area contributed by atoms with Gasteiger partial charge in [-0.1, -0.05) is 24.3 Å². The summed E-state index contributed by atoms with van der Waals surface area (Å²) >= 11 is 0. The highest BCUT2D eigenvalue weighted by atomic mass is 16.6. The number of fused-ring (bicyclic) bond motifs is 1. The van der Waals surface area contributed by atoms with Crippen LogP contribution in [0, 0.1) is 10.1 Å². The van der Waals surface area contributed by atoms with Crippen LogP contribution in [0.5, 0.6) is 0 Å². The molecule has 0 saturated heterocycles. The molecule has 0 radical (unpaired) electrons. The van der Waals surface area contributed by atoms with E-state index in [2.05, 4.69) is 20.6 Å². The first-order valence-corrected chi connectivity index (χ1v) is 8.39. The van der Waals surface area contributed by atoms with E-state index in [1.54, 1.807) is 22.7 Å². The van der Waals surface area contributed by atoms with Crippen molar-refractivity contribution in [1.29, 1.82) is 0 Å². The zero-order valence-electron chi connectivity index (χ0n) is 14.5. The molecule has 2 aromatic carbocycles. The average Bonchev–Trinajstić information content (AvgIpc) is 3.16. The van der Waals surface area contributed by atoms with Gasteiger partial charge in [0.2, 0.25) is 5.91 Å². The molecule has 0 bridgehead atoms. The lowest BCUT2D eigenvalue weighted by atomic mass is 10.1. The lowest BCUT2D eigenvalue weighted by molar-refractivity contribution is -0.384. The number of carbonyl (C=O) groups excluding carboxylic acids is 1. The van der Waals surface area contributed by atoms with Crippen LogP contribution in [0.25, 0.3) is 16.9 Å². The van der Waals surface area contributed by atoms with Gasteiger partial charge in [-0.2, -0.15) is 9.61 Å². The molecule has 0 aliphatic rings. The third kappa shape index (κ3) is 3.68. The fourth-order valence-electron chi connectivity index (χ4n) is 2.76. The van der Waals surface area contributed by atoms with Gasteiger partial charge in [0.15, 0.2) is 5.65 Å². The molecule has 0 atom stereocenters. The Morgan fingerprint density at radius 3 is 2.71 bits per heavy atom. The summed E-state index contributed by atoms with van der Waals surface area (Å²) in [5.74, 6) is -0.215. The number of anilines is 1. The first-order valence-electron chi connectivity index (χ1n) is 8.39. The fraction of sp³-hybridized carbons (Fsp3) is 0.0526. The molecule has 2 heterocycles. The van der Waals surface area contributed by atoms with Crippen LogP contribution in [-0.4, -0.2) is 30.6 Å². The molecule has 1 N–H and O–H groups in total. The van der Waals surface area contributed by atoms with Crippen molar-refractivity contribution in [2.45, 2.75) is 6.42 Å². The van der Waals surface area contributed by atoms with Crippen LogP contribution in [-0.2, 0) is 11.2 Å². The van der Waals surface area contributed by atoms with Gasteiger partial charge in [-0.15, -0.1) is 10.2 Å². The van der Waals surface area contributed by atoms with Gasteiger partial charge in [0.1, 0.15) is 6.33 Å². The van der Waals surface area contributed by atoms with Crippen molar-refractivity contribution in [3.63, 3.8) is 0 Å². The van der Waals surface area contributed by atoms with E-state index >= 15 is 0 Å². The van der Waals surface area contributed by atoms with Crippen molar-refractivity contribution in [1.82, 2.24) is 19.8 Å². The summed E-state index contributed by atoms with van der Waals surface area (Å²) in [5, 5.41) is 25.7. The number of nitro groups is 1. The Bertz CT molecular complexity index is 1170. The molecule has 0 unspecified atom stereocenters. The van der Waals surface area contributed by atoms with Gasteiger partial charge in [0.25, 0.3) is 5.69 Å². The molecule has 0 aliphatic heterocycles. The van der Waals surface area contributed by atoms with Crippen LogP contribution < -0.4 is 5.32 Å². The summed E-state index contributed by atoms with van der Waals surface area (Å²) < 4.78 is 1.58. The molecule has 0 saturated carbocycles. The van der Waals surface area contributed by atoms with Gasteiger partial charge in [0.05, 0.1) is 17.0 Å². The van der Waals surface area contributed by atoms with Crippen LogP contribution in [0.1, 0.15) is 5.56 Å². The van der Waals surface area contributed by atoms with E-state index in [4.69, 9.17) is 0 Å². The molecule has 9 heteroatoms. The molecular formula is C19H14N6O3. The summed E-state index contributed by atoms with van der Waals surface area (Å²) in [6.07, 6.45) is 1.64. The number of nitrogens with zero attached hydrogens (tertiary/aromatic N) is 5. The minimum atomic E-state index is -0.472. The predicted molar refractivity (Wildman–Crippen MR) is 102 cm³/mol. The molecule has 4 aromatic rings. The van der Waals surface area contributed by atoms with Crippen molar-refractivity contribution >= 4 is 22.9 Å². The summed E-state index contributed by atoms with van der Waals surface area (Å²) in [6.45, 7) is 0. The number of amides is 1. The van der Waals surface area contributed by atoms with Crippen molar-refractivity contribution in [3.8, 4) is 11.3 Å². The van der Waals surface area contributed by atoms with E-state index in [9.17, 15) is 14.9 Å². The predicted octanol–water partition coefficient (Wildman–Crippen LogP) is 2.88. The van der Waals surface area contributed by atoms with Crippen molar-refractivity contribution in [3.05, 3.63) is 82.7 Å². The van der Waals surface area contributed by atoms with Crippen LogP contribution in [0.3, 0.4) is 0 Å². The summed E-state index contributed by atoms with van der Waals surface area (Å²) in [5.41, 5.74) is 3.53. The number of nitro benzene ring substituents is 1. The molecule has 4 rings (SSSR count). The average molecular weight is 374 g/mol. The number of hydrogen-bond donors (Lipinski definition) is 1. The molecule has 28 heavy (non-hydrogen) atoms. The Hall–Kier alpha value is -4.14. The highest BCUT2D eigenvalue weighted by Gasteiger charge is 2.09. The second-order valence-corrected chi connectivity index (χ2v) is 6.08. The van der Waals surface area contributed by atoms with E-state index in [-0.39, 0.29) is 18.0 Å². The summed E-state index contributed by atoms with van der Waals surface area (Å²) in [4.78, 5) is 22.5. The van der Waals surface area contributed by atoms with E-state index in [1.807, 2.05) is 30.3 Å². The van der Waals surface area contributed by atoms with Gasteiger partial charge in [-0.3, -0.25) is 14.9 Å². The largest absolute Gasteiger partial charge is 0.326 e. The van der Waals surface area contributed by atoms with Crippen molar-refractivity contribution < 1.29 is 9.72 Å². The first-order chi connectivity index (χ1) is 13.6. The van der Waals surface area contributed by atoms with Gasteiger partial charge in [-0.05, 0) is 29.8 Å². The highest BCUT2D eigenvalue weighted by molar-refractivity contribution is 5.92. The SMILES string of the molecule is O=C(Cc1ccc([N+](=O)[O-])cc1)Nc1cccc(-c2ccc3nncn3n2)c1. The zero-order chi connectivity index (χ0) is 19.5. The number of benzene rings is 2. The van der Waals surface area contributed by atoms with Crippen LogP contribution >= 0.6 is 0 Å². The molecule has 9 nitrogen and oxygen atoms in total. The lowest BCUT2D eigenvalue weighted by Gasteiger charge is -2.08. The molecule has 138 valence electrons. The number of nitrogens with one attached hydrogen (secondary N) is 1. The third-order valence-electron chi connectivity index (χ3n) is 4.12. The minimum absolute atomic E-state index is 0.00517. The summed E-state index contributed by atoms with van der Waals surface area (Å²) in [7, 11) is 0. The van der Waals surface area contributed by atoms with E-state index in [0.29, 0.717) is 16.9 Å². The van der Waals surface area contributed by atoms with Crippen LogP contribution in [0.15, 0.2) is 67.0 Å². The number of aromatic nitrogens is 4. The zero-order valence-corrected chi connectivity index (χ0v) is 14.5. The standard InChI is InChI=1S/C19H14N6O3/c26-19(10-13-4-6-16(7-5-13)25(27)28)21-15-3-1-2-14(11-15)17-8-9-18-22-20-12-24(18)23-17/h1-9,11-12H,10H2,(H,21,26). The van der Waals surface area contributed by atoms with Crippen molar-refractivity contribution in [2.24, 2.45) is 0 Å². The Balaban J connectivity index is 1.48. The van der Waals surface area contributed by atoms with E-state index in [0.717, 1.165) is 11.3 Å². The Kier molecular flexibility index (Phi) is 4.47. The van der Waals surface area contributed by atoms with E-state index < -0.39 is 4.92 Å². The second-order valence-electron chi connectivity index (χ2n) is 6.08. The molecule has 0 fully saturated rings. The first kappa shape index (κ1) is 17.3. The monoisotopic (exact) mass is 374 g/mol. The molecule has 2 aromatic heterocycles. The van der Waals surface area contributed by atoms with Gasteiger partial charge in [0, 0.05) is 23.4 Å². The fourth-order valence-corrected chi connectivity index (χ4v) is 2.76. The second kappa shape index (κ2) is 7.23. The third-order valence-corrected chi connectivity index (χ3v) is 4.12. The molecule has 1 amide bonds. The van der Waals surface area contributed by atoms with Crippen LogP contribution in [0.2, 0.25) is 0 Å². The van der Waals surface area contributed by atoms with Gasteiger partial charge < -0.3 is 5.32 Å². The highest BCUT2D eigenvalue weighted by Crippen LogP contribution is 2.21. The Morgan fingerprint density at radius 1 is 1.11 bits per heavy atom. The molecular weight excluding hydrogens is 360 g/mol. The van der Waals surface area contributed by atoms with Crippen molar-refractivity contribution in [2.75, 3.05) is 5.32 Å². The quantitative estimate of drug-likeness (QED) is 0.424. The number of hydrogen-bond acceptors (Lipinski definition) is 6. The van der Waals surface area contributed by atoms with E-state index in [1.165, 1.54) is 18.5 Å². The number of carbonyl (C=O) groups is 1. The number of rotatable bonds is 5. The minimum Gasteiger partial charge on any atom is -0.326 e.